The third-order valence-corrected chi connectivity index (χ3v) is 4.72. The molecular formula is C18H25ClF3N3O2. The van der Waals surface area contributed by atoms with E-state index in [1.807, 2.05) is 0 Å². The maximum absolute atomic E-state index is 12.9. The lowest BCUT2D eigenvalue weighted by molar-refractivity contribution is -0.137. The number of rotatable bonds is 7. The molecular weight excluding hydrogens is 383 g/mol. The minimum atomic E-state index is -4.39. The molecule has 2 amide bonds. The highest BCUT2D eigenvalue weighted by Crippen LogP contribution is 2.48. The minimum Gasteiger partial charge on any atom is -0.354 e. The van der Waals surface area contributed by atoms with E-state index in [9.17, 15) is 22.8 Å². The first kappa shape index (κ1) is 23.2. The Kier molecular flexibility index (Phi) is 7.68. The fraction of sp³-hybridized carbons (Fsp3) is 0.556. The number of amides is 2. The predicted octanol–water partition coefficient (Wildman–Crippen LogP) is 2.37. The first-order valence-corrected chi connectivity index (χ1v) is 8.53. The summed E-state index contributed by atoms with van der Waals surface area (Å²) >= 11 is 0. The van der Waals surface area contributed by atoms with Gasteiger partial charge in [-0.05, 0) is 30.4 Å². The molecule has 0 spiro atoms. The van der Waals surface area contributed by atoms with Crippen molar-refractivity contribution >= 4 is 24.2 Å². The Labute approximate surface area is 162 Å². The first-order valence-electron chi connectivity index (χ1n) is 8.53. The summed E-state index contributed by atoms with van der Waals surface area (Å²) in [6, 6.07) is 4.52. The number of alkyl halides is 3. The van der Waals surface area contributed by atoms with Crippen molar-refractivity contribution in [2.45, 2.75) is 44.3 Å². The van der Waals surface area contributed by atoms with E-state index >= 15 is 0 Å². The standard InChI is InChI=1S/C18H24F3N3O2.ClH/c1-11(2)15(22)16(26)23-9-14(25)24-10-17(6-7-17)12-4-3-5-13(8-12)18(19,20)21;/h3-5,8,11,15H,6-7,9-10,22H2,1-2H3,(H,23,26)(H,24,25);1H/t15-;/m0./s1. The van der Waals surface area contributed by atoms with E-state index in [4.69, 9.17) is 5.73 Å². The van der Waals surface area contributed by atoms with Crippen LogP contribution < -0.4 is 16.4 Å². The van der Waals surface area contributed by atoms with E-state index in [0.29, 0.717) is 18.4 Å². The van der Waals surface area contributed by atoms with E-state index in [2.05, 4.69) is 10.6 Å². The first-order chi connectivity index (χ1) is 12.0. The number of carbonyl (C=O) groups excluding carboxylic acids is 2. The second-order valence-corrected chi connectivity index (χ2v) is 7.12. The molecule has 1 atom stereocenters. The van der Waals surface area contributed by atoms with Crippen LogP contribution in [0.15, 0.2) is 24.3 Å². The third-order valence-electron chi connectivity index (χ3n) is 4.72. The van der Waals surface area contributed by atoms with Gasteiger partial charge in [0, 0.05) is 12.0 Å². The van der Waals surface area contributed by atoms with Crippen LogP contribution in [0.25, 0.3) is 0 Å². The maximum Gasteiger partial charge on any atom is 0.416 e. The van der Waals surface area contributed by atoms with Crippen molar-refractivity contribution in [3.63, 3.8) is 0 Å². The fourth-order valence-electron chi connectivity index (χ4n) is 2.66. The molecule has 0 bridgehead atoms. The van der Waals surface area contributed by atoms with Gasteiger partial charge in [0.25, 0.3) is 0 Å². The zero-order valence-corrected chi connectivity index (χ0v) is 16.0. The van der Waals surface area contributed by atoms with Crippen LogP contribution in [0.4, 0.5) is 13.2 Å². The molecule has 5 nitrogen and oxygen atoms in total. The largest absolute Gasteiger partial charge is 0.416 e. The van der Waals surface area contributed by atoms with Crippen molar-refractivity contribution in [1.82, 2.24) is 10.6 Å². The summed E-state index contributed by atoms with van der Waals surface area (Å²) in [5, 5.41) is 5.15. The van der Waals surface area contributed by atoms with Crippen molar-refractivity contribution in [3.8, 4) is 0 Å². The van der Waals surface area contributed by atoms with Gasteiger partial charge < -0.3 is 16.4 Å². The van der Waals surface area contributed by atoms with Crippen LogP contribution >= 0.6 is 12.4 Å². The molecule has 152 valence electrons. The maximum atomic E-state index is 12.9. The smallest absolute Gasteiger partial charge is 0.354 e. The van der Waals surface area contributed by atoms with E-state index < -0.39 is 35.0 Å². The summed E-state index contributed by atoms with van der Waals surface area (Å²) in [4.78, 5) is 23.7. The van der Waals surface area contributed by atoms with Gasteiger partial charge in [-0.15, -0.1) is 12.4 Å². The molecule has 1 fully saturated rings. The van der Waals surface area contributed by atoms with Crippen LogP contribution in [0.3, 0.4) is 0 Å². The number of hydrogen-bond acceptors (Lipinski definition) is 3. The summed E-state index contributed by atoms with van der Waals surface area (Å²) in [6.45, 7) is 3.63. The topological polar surface area (TPSA) is 84.2 Å². The number of hydrogen-bond donors (Lipinski definition) is 3. The highest BCUT2D eigenvalue weighted by molar-refractivity contribution is 5.87. The molecule has 0 aromatic heterocycles. The highest BCUT2D eigenvalue weighted by atomic mass is 35.5. The Hall–Kier alpha value is -1.80. The summed E-state index contributed by atoms with van der Waals surface area (Å²) in [6.07, 6.45) is -2.98. The number of nitrogens with two attached hydrogens (primary N) is 1. The molecule has 27 heavy (non-hydrogen) atoms. The SMILES string of the molecule is CC(C)[C@H](N)C(=O)NCC(=O)NCC1(c2cccc(C(F)(F)F)c2)CC1.Cl. The lowest BCUT2D eigenvalue weighted by Crippen LogP contribution is -2.47. The minimum absolute atomic E-state index is 0. The summed E-state index contributed by atoms with van der Waals surface area (Å²) in [5.74, 6) is -0.851. The second kappa shape index (κ2) is 8.93. The molecule has 0 radical (unpaired) electrons. The lowest BCUT2D eigenvalue weighted by atomic mass is 9.94. The Morgan fingerprint density at radius 1 is 1.22 bits per heavy atom. The van der Waals surface area contributed by atoms with Crippen molar-refractivity contribution < 1.29 is 22.8 Å². The summed E-state index contributed by atoms with van der Waals surface area (Å²) in [5.41, 5.74) is 5.10. The second-order valence-electron chi connectivity index (χ2n) is 7.12. The Morgan fingerprint density at radius 2 is 1.85 bits per heavy atom. The number of nitrogens with one attached hydrogen (secondary N) is 2. The van der Waals surface area contributed by atoms with Crippen LogP contribution in [0.1, 0.15) is 37.8 Å². The van der Waals surface area contributed by atoms with Gasteiger partial charge in [0.05, 0.1) is 18.2 Å². The van der Waals surface area contributed by atoms with Gasteiger partial charge in [-0.2, -0.15) is 13.2 Å². The zero-order valence-electron chi connectivity index (χ0n) is 15.2. The summed E-state index contributed by atoms with van der Waals surface area (Å²) in [7, 11) is 0. The van der Waals surface area contributed by atoms with Crippen LogP contribution in [0.2, 0.25) is 0 Å². The van der Waals surface area contributed by atoms with E-state index in [1.54, 1.807) is 19.9 Å². The molecule has 1 aliphatic carbocycles. The van der Waals surface area contributed by atoms with Gasteiger partial charge in [0.15, 0.2) is 0 Å². The molecule has 0 heterocycles. The molecule has 1 aromatic carbocycles. The van der Waals surface area contributed by atoms with Crippen molar-refractivity contribution in [2.75, 3.05) is 13.1 Å². The van der Waals surface area contributed by atoms with Gasteiger partial charge in [-0.1, -0.05) is 32.0 Å². The number of benzene rings is 1. The molecule has 0 aliphatic heterocycles. The number of carbonyl (C=O) groups is 2. The number of halogens is 4. The molecule has 4 N–H and O–H groups in total. The molecule has 0 saturated heterocycles. The molecule has 9 heteroatoms. The Morgan fingerprint density at radius 3 is 2.37 bits per heavy atom. The van der Waals surface area contributed by atoms with Crippen molar-refractivity contribution in [2.24, 2.45) is 11.7 Å². The zero-order chi connectivity index (χ0) is 19.5. The molecule has 1 aromatic rings. The Balaban J connectivity index is 0.00000364. The monoisotopic (exact) mass is 407 g/mol. The van der Waals surface area contributed by atoms with Gasteiger partial charge in [0.2, 0.25) is 11.8 Å². The van der Waals surface area contributed by atoms with Gasteiger partial charge in [0.1, 0.15) is 0 Å². The van der Waals surface area contributed by atoms with Gasteiger partial charge in [-0.25, -0.2) is 0 Å². The highest BCUT2D eigenvalue weighted by Gasteiger charge is 2.45. The normalized spacial score (nSPS) is 16.3. The lowest BCUT2D eigenvalue weighted by Gasteiger charge is -2.19. The molecule has 2 rings (SSSR count). The van der Waals surface area contributed by atoms with Gasteiger partial charge in [-0.3, -0.25) is 9.59 Å². The molecule has 1 aliphatic rings. The van der Waals surface area contributed by atoms with Crippen molar-refractivity contribution in [1.29, 1.82) is 0 Å². The predicted molar refractivity (Wildman–Crippen MR) is 98.4 cm³/mol. The molecule has 1 saturated carbocycles. The van der Waals surface area contributed by atoms with E-state index in [0.717, 1.165) is 12.1 Å². The van der Waals surface area contributed by atoms with Crippen LogP contribution in [0.5, 0.6) is 0 Å². The van der Waals surface area contributed by atoms with Crippen LogP contribution in [-0.2, 0) is 21.2 Å². The molecule has 0 unspecified atom stereocenters. The van der Waals surface area contributed by atoms with Crippen molar-refractivity contribution in [3.05, 3.63) is 35.4 Å². The van der Waals surface area contributed by atoms with E-state index in [1.165, 1.54) is 6.07 Å². The van der Waals surface area contributed by atoms with Gasteiger partial charge >= 0.3 is 6.18 Å². The van der Waals surface area contributed by atoms with Crippen LogP contribution in [-0.4, -0.2) is 30.9 Å². The Bertz CT molecular complexity index is 676. The summed E-state index contributed by atoms with van der Waals surface area (Å²) < 4.78 is 38.6. The third kappa shape index (κ3) is 6.10. The fourth-order valence-corrected chi connectivity index (χ4v) is 2.66. The van der Waals surface area contributed by atoms with Crippen LogP contribution in [0, 0.1) is 5.92 Å². The quantitative estimate of drug-likeness (QED) is 0.648. The van der Waals surface area contributed by atoms with E-state index in [-0.39, 0.29) is 31.4 Å². The average Bonchev–Trinajstić information content (AvgIpc) is 3.37. The average molecular weight is 408 g/mol.